The van der Waals surface area contributed by atoms with E-state index in [0.717, 1.165) is 37.4 Å². The number of carbonyl (C=O) groups excluding carboxylic acids is 1. The summed E-state index contributed by atoms with van der Waals surface area (Å²) in [6, 6.07) is 7.74. The maximum absolute atomic E-state index is 12.4. The molecule has 10 heteroatoms. The first-order valence-electron chi connectivity index (χ1n) is 10.1. The molecule has 0 unspecified atom stereocenters. The highest BCUT2D eigenvalue weighted by Crippen LogP contribution is 2.22. The lowest BCUT2D eigenvalue weighted by Gasteiger charge is -2.30. The number of rotatable bonds is 6. The molecule has 0 atom stereocenters. The van der Waals surface area contributed by atoms with Gasteiger partial charge >= 0.3 is 0 Å². The maximum atomic E-state index is 12.4. The highest BCUT2D eigenvalue weighted by atomic mass is 32.2. The zero-order valence-electron chi connectivity index (χ0n) is 17.0. The SMILES string of the molecule is Cc1cccc(NC(=O)CSc2nc(N3CCOCC3)nc(N3CCOCC3)n2)c1. The minimum absolute atomic E-state index is 0.0909. The predicted molar refractivity (Wildman–Crippen MR) is 116 cm³/mol. The normalized spacial score (nSPS) is 17.1. The van der Waals surface area contributed by atoms with Crippen molar-refractivity contribution in [3.05, 3.63) is 29.8 Å². The summed E-state index contributed by atoms with van der Waals surface area (Å²) < 4.78 is 10.9. The van der Waals surface area contributed by atoms with E-state index in [2.05, 4.69) is 30.1 Å². The summed E-state index contributed by atoms with van der Waals surface area (Å²) in [5, 5.41) is 3.47. The predicted octanol–water partition coefficient (Wildman–Crippen LogP) is 1.58. The van der Waals surface area contributed by atoms with Crippen molar-refractivity contribution in [1.29, 1.82) is 0 Å². The molecule has 2 fully saturated rings. The van der Waals surface area contributed by atoms with Crippen LogP contribution in [0.1, 0.15) is 5.56 Å². The molecule has 1 aromatic carbocycles. The molecule has 2 aliphatic rings. The first kappa shape index (κ1) is 20.8. The van der Waals surface area contributed by atoms with Gasteiger partial charge in [0, 0.05) is 31.9 Å². The first-order valence-corrected chi connectivity index (χ1v) is 11.1. The Bertz CT molecular complexity index is 835. The standard InChI is InChI=1S/C20H26N6O3S/c1-15-3-2-4-16(13-15)21-17(27)14-30-20-23-18(25-5-9-28-10-6-25)22-19(24-20)26-7-11-29-12-8-26/h2-4,13H,5-12,14H2,1H3,(H,21,27). The molecule has 9 nitrogen and oxygen atoms in total. The minimum atomic E-state index is -0.0909. The van der Waals surface area contributed by atoms with Crippen molar-refractivity contribution in [2.75, 3.05) is 73.5 Å². The molecule has 4 rings (SSSR count). The second-order valence-electron chi connectivity index (χ2n) is 7.12. The van der Waals surface area contributed by atoms with E-state index >= 15 is 0 Å². The van der Waals surface area contributed by atoms with Crippen molar-refractivity contribution in [2.45, 2.75) is 12.1 Å². The van der Waals surface area contributed by atoms with Crippen LogP contribution in [0.5, 0.6) is 0 Å². The number of aryl methyl sites for hydroxylation is 1. The Hall–Kier alpha value is -2.43. The molecule has 0 spiro atoms. The summed E-state index contributed by atoms with van der Waals surface area (Å²) in [4.78, 5) is 30.5. The zero-order valence-corrected chi connectivity index (χ0v) is 17.9. The Morgan fingerprint density at radius 1 is 1.00 bits per heavy atom. The third-order valence-corrected chi connectivity index (χ3v) is 5.66. The van der Waals surface area contributed by atoms with E-state index in [1.807, 2.05) is 31.2 Å². The van der Waals surface area contributed by atoms with Crippen LogP contribution < -0.4 is 15.1 Å². The second kappa shape index (κ2) is 10.1. The number of nitrogens with zero attached hydrogens (tertiary/aromatic N) is 5. The van der Waals surface area contributed by atoms with E-state index in [0.29, 0.717) is 43.5 Å². The van der Waals surface area contributed by atoms with Gasteiger partial charge in [-0.05, 0) is 24.6 Å². The fraction of sp³-hybridized carbons (Fsp3) is 0.500. The van der Waals surface area contributed by atoms with Crippen LogP contribution in [0.25, 0.3) is 0 Å². The quantitative estimate of drug-likeness (QED) is 0.686. The number of morpholine rings is 2. The van der Waals surface area contributed by atoms with Gasteiger partial charge in [-0.15, -0.1) is 0 Å². The largest absolute Gasteiger partial charge is 0.378 e. The van der Waals surface area contributed by atoms with Crippen LogP contribution in [0.15, 0.2) is 29.4 Å². The average molecular weight is 431 g/mol. The lowest BCUT2D eigenvalue weighted by atomic mass is 10.2. The third-order valence-electron chi connectivity index (χ3n) is 4.81. The molecule has 2 aliphatic heterocycles. The summed E-state index contributed by atoms with van der Waals surface area (Å²) in [6.07, 6.45) is 0. The van der Waals surface area contributed by atoms with Gasteiger partial charge in [0.15, 0.2) is 5.16 Å². The monoisotopic (exact) mass is 430 g/mol. The van der Waals surface area contributed by atoms with Crippen LogP contribution in [0, 0.1) is 6.92 Å². The van der Waals surface area contributed by atoms with Gasteiger partial charge in [-0.2, -0.15) is 15.0 Å². The first-order chi connectivity index (χ1) is 14.7. The third kappa shape index (κ3) is 5.59. The molecule has 2 aromatic rings. The number of carbonyl (C=O) groups is 1. The van der Waals surface area contributed by atoms with Crippen LogP contribution >= 0.6 is 11.8 Å². The number of ether oxygens (including phenoxy) is 2. The molecule has 30 heavy (non-hydrogen) atoms. The van der Waals surface area contributed by atoms with Gasteiger partial charge in [-0.1, -0.05) is 23.9 Å². The van der Waals surface area contributed by atoms with E-state index in [4.69, 9.17) is 9.47 Å². The van der Waals surface area contributed by atoms with Gasteiger partial charge in [0.2, 0.25) is 17.8 Å². The maximum Gasteiger partial charge on any atom is 0.234 e. The van der Waals surface area contributed by atoms with Gasteiger partial charge in [0.05, 0.1) is 32.2 Å². The molecule has 0 saturated carbocycles. The van der Waals surface area contributed by atoms with Gasteiger partial charge < -0.3 is 24.6 Å². The lowest BCUT2D eigenvalue weighted by Crippen LogP contribution is -2.40. The topological polar surface area (TPSA) is 92.7 Å². The molecule has 0 aliphatic carbocycles. The number of thioether (sulfide) groups is 1. The number of amides is 1. The van der Waals surface area contributed by atoms with E-state index in [9.17, 15) is 4.79 Å². The van der Waals surface area contributed by atoms with Crippen LogP contribution in [-0.2, 0) is 14.3 Å². The summed E-state index contributed by atoms with van der Waals surface area (Å²) in [5.74, 6) is 1.41. The van der Waals surface area contributed by atoms with E-state index in [-0.39, 0.29) is 11.7 Å². The fourth-order valence-corrected chi connectivity index (χ4v) is 3.88. The van der Waals surface area contributed by atoms with Gasteiger partial charge in [0.25, 0.3) is 0 Å². The van der Waals surface area contributed by atoms with Crippen LogP contribution in [0.2, 0.25) is 0 Å². The Labute approximate surface area is 180 Å². The zero-order chi connectivity index (χ0) is 20.8. The molecule has 3 heterocycles. The van der Waals surface area contributed by atoms with Crippen molar-refractivity contribution in [3.8, 4) is 0 Å². The Morgan fingerprint density at radius 2 is 1.60 bits per heavy atom. The molecule has 0 radical (unpaired) electrons. The van der Waals surface area contributed by atoms with Crippen LogP contribution in [0.4, 0.5) is 17.6 Å². The molecule has 1 amide bonds. The Kier molecular flexibility index (Phi) is 6.98. The lowest BCUT2D eigenvalue weighted by molar-refractivity contribution is -0.113. The summed E-state index contributed by atoms with van der Waals surface area (Å²) >= 11 is 1.32. The van der Waals surface area contributed by atoms with Gasteiger partial charge in [-0.25, -0.2) is 0 Å². The minimum Gasteiger partial charge on any atom is -0.378 e. The average Bonchev–Trinajstić information content (AvgIpc) is 2.79. The summed E-state index contributed by atoms with van der Waals surface area (Å²) in [6.45, 7) is 7.57. The Morgan fingerprint density at radius 3 is 2.17 bits per heavy atom. The molecular formula is C20H26N6O3S. The number of hydrogen-bond donors (Lipinski definition) is 1. The van der Waals surface area contributed by atoms with Gasteiger partial charge in [-0.3, -0.25) is 4.79 Å². The van der Waals surface area contributed by atoms with E-state index < -0.39 is 0 Å². The van der Waals surface area contributed by atoms with E-state index in [1.54, 1.807) is 0 Å². The number of anilines is 3. The summed E-state index contributed by atoms with van der Waals surface area (Å²) in [7, 11) is 0. The Balaban J connectivity index is 1.47. The second-order valence-corrected chi connectivity index (χ2v) is 8.07. The summed E-state index contributed by atoms with van der Waals surface area (Å²) in [5.41, 5.74) is 1.89. The van der Waals surface area contributed by atoms with Crippen molar-refractivity contribution < 1.29 is 14.3 Å². The highest BCUT2D eigenvalue weighted by Gasteiger charge is 2.21. The molecule has 2 saturated heterocycles. The van der Waals surface area contributed by atoms with Crippen LogP contribution in [-0.4, -0.2) is 79.2 Å². The fourth-order valence-electron chi connectivity index (χ4n) is 3.26. The van der Waals surface area contributed by atoms with Crippen LogP contribution in [0.3, 0.4) is 0 Å². The number of hydrogen-bond acceptors (Lipinski definition) is 9. The molecule has 1 aromatic heterocycles. The highest BCUT2D eigenvalue weighted by molar-refractivity contribution is 7.99. The number of aromatic nitrogens is 3. The molecular weight excluding hydrogens is 404 g/mol. The molecule has 0 bridgehead atoms. The van der Waals surface area contributed by atoms with Gasteiger partial charge in [0.1, 0.15) is 0 Å². The number of benzene rings is 1. The van der Waals surface area contributed by atoms with E-state index in [1.165, 1.54) is 11.8 Å². The smallest absolute Gasteiger partial charge is 0.234 e. The van der Waals surface area contributed by atoms with Crippen molar-refractivity contribution in [3.63, 3.8) is 0 Å². The van der Waals surface area contributed by atoms with Crippen molar-refractivity contribution in [2.24, 2.45) is 0 Å². The van der Waals surface area contributed by atoms with Crippen molar-refractivity contribution in [1.82, 2.24) is 15.0 Å². The molecule has 160 valence electrons. The molecule has 1 N–H and O–H groups in total. The number of nitrogens with one attached hydrogen (secondary N) is 1. The van der Waals surface area contributed by atoms with Crippen molar-refractivity contribution >= 4 is 35.3 Å².